The van der Waals surface area contributed by atoms with Crippen LogP contribution in [0.15, 0.2) is 109 Å². The van der Waals surface area contributed by atoms with E-state index in [1.54, 1.807) is 55.5 Å². The maximum atomic E-state index is 14.9. The number of esters is 2. The number of pyridine rings is 1. The third kappa shape index (κ3) is 9.01. The fraction of sp³-hybridized carbons (Fsp3) is 0.295. The summed E-state index contributed by atoms with van der Waals surface area (Å²) in [5.74, 6) is -1.78. The summed E-state index contributed by atoms with van der Waals surface area (Å²) in [6, 6.07) is 30.1. The summed E-state index contributed by atoms with van der Waals surface area (Å²) in [5.41, 5.74) is 3.18. The van der Waals surface area contributed by atoms with E-state index >= 15 is 0 Å². The number of para-hydroxylation sites is 1. The zero-order valence-corrected chi connectivity index (χ0v) is 31.1. The quantitative estimate of drug-likeness (QED) is 0.0901. The van der Waals surface area contributed by atoms with Crippen molar-refractivity contribution >= 4 is 40.3 Å². The summed E-state index contributed by atoms with van der Waals surface area (Å²) < 4.78 is 17.9. The minimum Gasteiger partial charge on any atom is -0.493 e. The average Bonchev–Trinajstić information content (AvgIpc) is 3.19. The highest BCUT2D eigenvalue weighted by Crippen LogP contribution is 2.43. The van der Waals surface area contributed by atoms with E-state index in [9.17, 15) is 24.3 Å². The number of fused-ring (bicyclic) bond motifs is 2. The van der Waals surface area contributed by atoms with Crippen LogP contribution in [0.5, 0.6) is 5.75 Å². The molecule has 0 fully saturated rings. The molecule has 0 bridgehead atoms. The molecule has 1 aliphatic heterocycles. The number of amides is 2. The van der Waals surface area contributed by atoms with Gasteiger partial charge in [0.15, 0.2) is 0 Å². The van der Waals surface area contributed by atoms with Gasteiger partial charge in [-0.25, -0.2) is 9.78 Å². The Labute approximate surface area is 320 Å². The van der Waals surface area contributed by atoms with Crippen LogP contribution in [0.4, 0.5) is 5.69 Å². The highest BCUT2D eigenvalue weighted by molar-refractivity contribution is 6.08. The van der Waals surface area contributed by atoms with Gasteiger partial charge in [-0.3, -0.25) is 19.3 Å². The van der Waals surface area contributed by atoms with E-state index in [0.29, 0.717) is 34.5 Å². The Bertz CT molecular complexity index is 2150. The number of hydrogen-bond acceptors (Lipinski definition) is 9. The second kappa shape index (κ2) is 17.8. The van der Waals surface area contributed by atoms with Gasteiger partial charge in [0.25, 0.3) is 5.91 Å². The fourth-order valence-electron chi connectivity index (χ4n) is 6.86. The van der Waals surface area contributed by atoms with Crippen LogP contribution < -0.4 is 15.0 Å². The first-order valence-electron chi connectivity index (χ1n) is 18.6. The van der Waals surface area contributed by atoms with E-state index in [-0.39, 0.29) is 55.7 Å². The van der Waals surface area contributed by atoms with Gasteiger partial charge in [-0.2, -0.15) is 0 Å². The van der Waals surface area contributed by atoms with Crippen molar-refractivity contribution in [2.45, 2.75) is 58.2 Å². The normalized spacial score (nSPS) is 16.3. The number of nitrogens with zero attached hydrogens (tertiary/aromatic N) is 2. The van der Waals surface area contributed by atoms with Crippen LogP contribution in [-0.4, -0.2) is 65.8 Å². The molecule has 5 aromatic rings. The lowest BCUT2D eigenvalue weighted by Crippen LogP contribution is -2.58. The Kier molecular flexibility index (Phi) is 12.5. The molecular weight excluding hydrogens is 698 g/mol. The van der Waals surface area contributed by atoms with Crippen molar-refractivity contribution in [1.82, 2.24) is 10.3 Å². The first kappa shape index (κ1) is 38.6. The van der Waals surface area contributed by atoms with Gasteiger partial charge in [-0.05, 0) is 60.4 Å². The number of nitrogens with one attached hydrogen (secondary N) is 1. The second-order valence-corrected chi connectivity index (χ2v) is 13.7. The summed E-state index contributed by atoms with van der Waals surface area (Å²) in [5, 5.41) is 13.3. The van der Waals surface area contributed by atoms with E-state index in [4.69, 9.17) is 14.2 Å². The molecule has 0 spiro atoms. The Morgan fingerprint density at radius 3 is 2.40 bits per heavy atom. The lowest BCUT2D eigenvalue weighted by Gasteiger charge is -2.45. The summed E-state index contributed by atoms with van der Waals surface area (Å²) >= 11 is 0. The Morgan fingerprint density at radius 1 is 0.891 bits per heavy atom. The molecule has 1 aliphatic rings. The number of ether oxygens (including phenoxy) is 3. The van der Waals surface area contributed by atoms with Gasteiger partial charge in [-0.1, -0.05) is 86.6 Å². The molecular formula is C44H45N3O8. The molecule has 284 valence electrons. The van der Waals surface area contributed by atoms with Gasteiger partial charge < -0.3 is 24.6 Å². The van der Waals surface area contributed by atoms with Crippen LogP contribution in [0.1, 0.15) is 72.5 Å². The number of aromatic nitrogens is 1. The maximum Gasteiger partial charge on any atom is 0.339 e. The van der Waals surface area contributed by atoms with Gasteiger partial charge in [0.05, 0.1) is 48.5 Å². The maximum absolute atomic E-state index is 14.9. The molecule has 2 N–H and O–H groups in total. The molecule has 0 saturated carbocycles. The Hall–Kier alpha value is -6.07. The summed E-state index contributed by atoms with van der Waals surface area (Å²) in [7, 11) is 0. The van der Waals surface area contributed by atoms with Crippen LogP contribution in [0.25, 0.3) is 22.0 Å². The largest absolute Gasteiger partial charge is 0.493 e. The molecule has 0 unspecified atom stereocenters. The molecule has 4 aromatic carbocycles. The van der Waals surface area contributed by atoms with Crippen molar-refractivity contribution in [3.63, 3.8) is 0 Å². The molecule has 11 heteroatoms. The summed E-state index contributed by atoms with van der Waals surface area (Å²) in [6.45, 7) is 5.74. The van der Waals surface area contributed by atoms with E-state index in [2.05, 4.69) is 10.3 Å². The zero-order chi connectivity index (χ0) is 38.9. The first-order chi connectivity index (χ1) is 26.7. The standard InChI is InChI=1S/C44H45N3O8/c1-4-53-40(50)27-38-42(55-44(52)33-17-10-9-16-32(33)29-13-6-5-7-14-29)41(46-39(49)25-28(2)3)34-26-31(54-24-12-23-48)20-22-37(34)47(38)43(51)36-21-19-30-15-8-11-18-35(30)45-36/h5-11,13-22,26,28,38,41-42,48H,4,12,23-25,27H2,1-3H3,(H,46,49)/t38-,41-,42-/m0/s1. The first-order valence-corrected chi connectivity index (χ1v) is 18.6. The van der Waals surface area contributed by atoms with Crippen LogP contribution in [0.3, 0.4) is 0 Å². The fourth-order valence-corrected chi connectivity index (χ4v) is 6.86. The number of aliphatic hydroxyl groups excluding tert-OH is 1. The molecule has 2 heterocycles. The molecule has 0 radical (unpaired) electrons. The zero-order valence-electron chi connectivity index (χ0n) is 31.1. The van der Waals surface area contributed by atoms with Gasteiger partial charge in [0, 0.05) is 30.4 Å². The molecule has 55 heavy (non-hydrogen) atoms. The van der Waals surface area contributed by atoms with Crippen molar-refractivity contribution in [1.29, 1.82) is 0 Å². The number of aliphatic hydroxyl groups is 1. The highest BCUT2D eigenvalue weighted by atomic mass is 16.5. The van der Waals surface area contributed by atoms with Crippen molar-refractivity contribution in [3.8, 4) is 16.9 Å². The van der Waals surface area contributed by atoms with Crippen LogP contribution in [0.2, 0.25) is 0 Å². The smallest absolute Gasteiger partial charge is 0.339 e. The number of anilines is 1. The summed E-state index contributed by atoms with van der Waals surface area (Å²) in [6.07, 6.45) is -1.10. The highest BCUT2D eigenvalue weighted by Gasteiger charge is 2.48. The molecule has 3 atom stereocenters. The number of carbonyl (C=O) groups excluding carboxylic acids is 4. The van der Waals surface area contributed by atoms with Gasteiger partial charge in [0.2, 0.25) is 5.91 Å². The molecule has 0 saturated heterocycles. The molecule has 1 aromatic heterocycles. The molecule has 2 amide bonds. The van der Waals surface area contributed by atoms with E-state index in [1.807, 2.05) is 74.5 Å². The van der Waals surface area contributed by atoms with Crippen molar-refractivity contribution in [3.05, 3.63) is 126 Å². The molecule has 0 aliphatic carbocycles. The topological polar surface area (TPSA) is 144 Å². The number of carbonyl (C=O) groups is 4. The second-order valence-electron chi connectivity index (χ2n) is 13.7. The molecule has 6 rings (SSSR count). The number of rotatable bonds is 14. The van der Waals surface area contributed by atoms with Gasteiger partial charge >= 0.3 is 11.9 Å². The van der Waals surface area contributed by atoms with Crippen LogP contribution in [-0.2, 0) is 19.1 Å². The average molecular weight is 744 g/mol. The lowest BCUT2D eigenvalue weighted by molar-refractivity contribution is -0.144. The van der Waals surface area contributed by atoms with E-state index in [0.717, 1.165) is 10.9 Å². The minimum atomic E-state index is -1.29. The third-order valence-electron chi connectivity index (χ3n) is 9.31. The minimum absolute atomic E-state index is 0.00217. The van der Waals surface area contributed by atoms with Gasteiger partial charge in [-0.15, -0.1) is 0 Å². The van der Waals surface area contributed by atoms with Crippen molar-refractivity contribution in [2.24, 2.45) is 5.92 Å². The number of hydrogen-bond donors (Lipinski definition) is 2. The summed E-state index contributed by atoms with van der Waals surface area (Å²) in [4.78, 5) is 62.6. The third-order valence-corrected chi connectivity index (χ3v) is 9.31. The molecule has 11 nitrogen and oxygen atoms in total. The Balaban J connectivity index is 1.54. The SMILES string of the molecule is CCOC(=O)C[C@H]1[C@H](OC(=O)c2ccccc2-c2ccccc2)[C@@H](NC(=O)CC(C)C)c2cc(OCCCO)ccc2N1C(=O)c1ccc2ccccc2n1. The van der Waals surface area contributed by atoms with E-state index in [1.165, 1.54) is 4.90 Å². The Morgan fingerprint density at radius 2 is 1.64 bits per heavy atom. The lowest BCUT2D eigenvalue weighted by atomic mass is 9.85. The number of benzene rings is 4. The predicted octanol–water partition coefficient (Wildman–Crippen LogP) is 7.07. The van der Waals surface area contributed by atoms with Crippen molar-refractivity contribution in [2.75, 3.05) is 24.7 Å². The van der Waals surface area contributed by atoms with Gasteiger partial charge in [0.1, 0.15) is 17.5 Å². The monoisotopic (exact) mass is 743 g/mol. The van der Waals surface area contributed by atoms with Crippen molar-refractivity contribution < 1.29 is 38.5 Å². The predicted molar refractivity (Wildman–Crippen MR) is 209 cm³/mol. The van der Waals surface area contributed by atoms with Crippen LogP contribution in [0, 0.1) is 5.92 Å². The van der Waals surface area contributed by atoms with E-state index < -0.39 is 36.0 Å². The van der Waals surface area contributed by atoms with Crippen LogP contribution >= 0.6 is 0 Å².